The van der Waals surface area contributed by atoms with E-state index in [-0.39, 0.29) is 11.9 Å². The van der Waals surface area contributed by atoms with E-state index in [1.165, 1.54) is 0 Å². The highest BCUT2D eigenvalue weighted by molar-refractivity contribution is 5.85. The van der Waals surface area contributed by atoms with Gasteiger partial charge in [0.05, 0.1) is 12.6 Å². The fourth-order valence-electron chi connectivity index (χ4n) is 1.90. The molecule has 16 heavy (non-hydrogen) atoms. The number of hydrogen-bond acceptors (Lipinski definition) is 4. The predicted octanol–water partition coefficient (Wildman–Crippen LogP) is 0.0355. The fourth-order valence-corrected chi connectivity index (χ4v) is 1.90. The number of hydrogen-bond donors (Lipinski definition) is 2. The highest BCUT2D eigenvalue weighted by atomic mass is 16.5. The van der Waals surface area contributed by atoms with Gasteiger partial charge in [-0.15, -0.1) is 0 Å². The highest BCUT2D eigenvalue weighted by Gasteiger charge is 2.38. The number of nitrogens with two attached hydrogens (primary N) is 1. The van der Waals surface area contributed by atoms with Crippen molar-refractivity contribution in [1.82, 2.24) is 5.32 Å². The number of amides is 1. The Kier molecular flexibility index (Phi) is 5.18. The number of nitrogens with one attached hydrogen (secondary N) is 1. The van der Waals surface area contributed by atoms with Crippen LogP contribution in [0, 0.1) is 0 Å². The number of ether oxygens (including phenoxy) is 2. The molecule has 0 aliphatic carbocycles. The molecule has 2 unspecified atom stereocenters. The summed E-state index contributed by atoms with van der Waals surface area (Å²) in [6.45, 7) is 3.52. The van der Waals surface area contributed by atoms with Gasteiger partial charge in [0.2, 0.25) is 0 Å². The molecule has 0 saturated carbocycles. The van der Waals surface area contributed by atoms with E-state index in [1.54, 1.807) is 7.11 Å². The molecule has 0 aromatic carbocycles. The minimum absolute atomic E-state index is 0.0245. The van der Waals surface area contributed by atoms with E-state index < -0.39 is 5.60 Å². The number of methoxy groups -OCH3 is 1. The second-order valence-corrected chi connectivity index (χ2v) is 4.39. The van der Waals surface area contributed by atoms with Gasteiger partial charge in [0.15, 0.2) is 0 Å². The lowest BCUT2D eigenvalue weighted by Gasteiger charge is -2.25. The lowest BCUT2D eigenvalue weighted by Crippen LogP contribution is -2.50. The van der Waals surface area contributed by atoms with Crippen LogP contribution in [0.15, 0.2) is 0 Å². The van der Waals surface area contributed by atoms with Gasteiger partial charge in [-0.3, -0.25) is 4.79 Å². The van der Waals surface area contributed by atoms with Gasteiger partial charge < -0.3 is 20.5 Å². The molecule has 1 aliphatic heterocycles. The molecular formula is C11H22N2O3. The summed E-state index contributed by atoms with van der Waals surface area (Å²) in [6.07, 6.45) is 2.44. The lowest BCUT2D eigenvalue weighted by atomic mass is 10.0. The third-order valence-corrected chi connectivity index (χ3v) is 2.92. The summed E-state index contributed by atoms with van der Waals surface area (Å²) in [4.78, 5) is 12.0. The molecule has 0 spiro atoms. The molecule has 1 heterocycles. The summed E-state index contributed by atoms with van der Waals surface area (Å²) in [5.74, 6) is -0.0551. The Hall–Kier alpha value is -0.650. The quantitative estimate of drug-likeness (QED) is 0.675. The predicted molar refractivity (Wildman–Crippen MR) is 61.1 cm³/mol. The molecule has 1 rings (SSSR count). The summed E-state index contributed by atoms with van der Waals surface area (Å²) in [7, 11) is 1.61. The molecule has 1 aliphatic rings. The van der Waals surface area contributed by atoms with Crippen molar-refractivity contribution in [2.24, 2.45) is 5.73 Å². The monoisotopic (exact) mass is 230 g/mol. The van der Waals surface area contributed by atoms with Crippen molar-refractivity contribution >= 4 is 5.91 Å². The van der Waals surface area contributed by atoms with Crippen LogP contribution in [0.1, 0.15) is 26.2 Å². The Morgan fingerprint density at radius 3 is 2.94 bits per heavy atom. The lowest BCUT2D eigenvalue weighted by molar-refractivity contribution is -0.140. The highest BCUT2D eigenvalue weighted by Crippen LogP contribution is 2.25. The van der Waals surface area contributed by atoms with E-state index in [2.05, 4.69) is 5.32 Å². The van der Waals surface area contributed by atoms with Crippen molar-refractivity contribution < 1.29 is 14.3 Å². The third kappa shape index (κ3) is 3.43. The maximum absolute atomic E-state index is 12.0. The van der Waals surface area contributed by atoms with Crippen LogP contribution in [0.3, 0.4) is 0 Å². The minimum Gasteiger partial charge on any atom is -0.383 e. The molecule has 0 bridgehead atoms. The van der Waals surface area contributed by atoms with Crippen molar-refractivity contribution in [3.63, 3.8) is 0 Å². The molecule has 0 aromatic heterocycles. The van der Waals surface area contributed by atoms with E-state index in [0.717, 1.165) is 19.3 Å². The molecule has 94 valence electrons. The fraction of sp³-hybridized carbons (Fsp3) is 0.909. The van der Waals surface area contributed by atoms with Crippen LogP contribution >= 0.6 is 0 Å². The van der Waals surface area contributed by atoms with Gasteiger partial charge in [-0.1, -0.05) is 0 Å². The Labute approximate surface area is 96.7 Å². The summed E-state index contributed by atoms with van der Waals surface area (Å²) < 4.78 is 10.5. The number of carbonyl (C=O) groups is 1. The molecule has 1 fully saturated rings. The van der Waals surface area contributed by atoms with Crippen LogP contribution < -0.4 is 11.1 Å². The van der Waals surface area contributed by atoms with Gasteiger partial charge in [0.1, 0.15) is 5.60 Å². The molecule has 5 heteroatoms. The van der Waals surface area contributed by atoms with Crippen molar-refractivity contribution in [2.45, 2.75) is 37.8 Å². The standard InChI is InChI=1S/C11H22N2O3/c1-11(5-3-7-16-11)10(14)13-9(4-6-12)8-15-2/h9H,3-8,12H2,1-2H3,(H,13,14). The first kappa shape index (κ1) is 13.4. The number of carbonyl (C=O) groups excluding carboxylic acids is 1. The molecule has 5 nitrogen and oxygen atoms in total. The smallest absolute Gasteiger partial charge is 0.252 e. The minimum atomic E-state index is -0.666. The summed E-state index contributed by atoms with van der Waals surface area (Å²) in [5.41, 5.74) is 4.82. The first-order chi connectivity index (χ1) is 7.62. The van der Waals surface area contributed by atoms with E-state index in [1.807, 2.05) is 6.92 Å². The van der Waals surface area contributed by atoms with Crippen LogP contribution in [0.4, 0.5) is 0 Å². The zero-order chi connectivity index (χ0) is 12.0. The molecule has 0 aromatic rings. The van der Waals surface area contributed by atoms with Crippen molar-refractivity contribution in [2.75, 3.05) is 26.9 Å². The molecule has 0 radical (unpaired) electrons. The van der Waals surface area contributed by atoms with Crippen LogP contribution in [0.2, 0.25) is 0 Å². The zero-order valence-electron chi connectivity index (χ0n) is 10.1. The van der Waals surface area contributed by atoms with Gasteiger partial charge >= 0.3 is 0 Å². The Balaban J connectivity index is 2.46. The molecule has 1 amide bonds. The largest absolute Gasteiger partial charge is 0.383 e. The van der Waals surface area contributed by atoms with Crippen LogP contribution in [-0.2, 0) is 14.3 Å². The average Bonchev–Trinajstić information content (AvgIpc) is 2.67. The maximum Gasteiger partial charge on any atom is 0.252 e. The normalized spacial score (nSPS) is 26.7. The maximum atomic E-state index is 12.0. The zero-order valence-corrected chi connectivity index (χ0v) is 10.1. The molecular weight excluding hydrogens is 208 g/mol. The van der Waals surface area contributed by atoms with Crippen molar-refractivity contribution in [1.29, 1.82) is 0 Å². The van der Waals surface area contributed by atoms with E-state index >= 15 is 0 Å². The van der Waals surface area contributed by atoms with Crippen LogP contribution in [0.25, 0.3) is 0 Å². The van der Waals surface area contributed by atoms with Gasteiger partial charge in [-0.25, -0.2) is 0 Å². The van der Waals surface area contributed by atoms with Crippen molar-refractivity contribution in [3.05, 3.63) is 0 Å². The van der Waals surface area contributed by atoms with Crippen LogP contribution in [-0.4, -0.2) is 44.4 Å². The van der Waals surface area contributed by atoms with E-state index in [0.29, 0.717) is 19.8 Å². The van der Waals surface area contributed by atoms with Gasteiger partial charge in [-0.2, -0.15) is 0 Å². The summed E-state index contributed by atoms with van der Waals surface area (Å²) >= 11 is 0. The van der Waals surface area contributed by atoms with Crippen LogP contribution in [0.5, 0.6) is 0 Å². The van der Waals surface area contributed by atoms with E-state index in [4.69, 9.17) is 15.2 Å². The average molecular weight is 230 g/mol. The topological polar surface area (TPSA) is 73.6 Å². The Morgan fingerprint density at radius 2 is 2.44 bits per heavy atom. The Morgan fingerprint density at radius 1 is 1.69 bits per heavy atom. The first-order valence-electron chi connectivity index (χ1n) is 5.76. The number of rotatable bonds is 6. The molecule has 1 saturated heterocycles. The summed E-state index contributed by atoms with van der Waals surface area (Å²) in [5, 5.41) is 2.93. The molecule has 3 N–H and O–H groups in total. The Bertz CT molecular complexity index is 221. The molecule has 2 atom stereocenters. The van der Waals surface area contributed by atoms with E-state index in [9.17, 15) is 4.79 Å². The third-order valence-electron chi connectivity index (χ3n) is 2.92. The van der Waals surface area contributed by atoms with Gasteiger partial charge in [0.25, 0.3) is 5.91 Å². The second kappa shape index (κ2) is 6.18. The summed E-state index contributed by atoms with van der Waals surface area (Å²) in [6, 6.07) is -0.0245. The van der Waals surface area contributed by atoms with Gasteiger partial charge in [-0.05, 0) is 32.7 Å². The van der Waals surface area contributed by atoms with Gasteiger partial charge in [0, 0.05) is 13.7 Å². The second-order valence-electron chi connectivity index (χ2n) is 4.39. The first-order valence-corrected chi connectivity index (χ1v) is 5.76. The van der Waals surface area contributed by atoms with Crippen molar-refractivity contribution in [3.8, 4) is 0 Å². The SMILES string of the molecule is COCC(CCN)NC(=O)C1(C)CCCO1.